The lowest BCUT2D eigenvalue weighted by atomic mass is 10.4. The first-order valence-electron chi connectivity index (χ1n) is 4.79. The number of pyridine rings is 1. The Morgan fingerprint density at radius 2 is 2.31 bits per heavy atom. The maximum Gasteiger partial charge on any atom is 0.356 e. The molecule has 2 heterocycles. The molecule has 0 aromatic carbocycles. The summed E-state index contributed by atoms with van der Waals surface area (Å²) < 4.78 is 1.49. The normalized spacial score (nSPS) is 10.6. The number of fused-ring (bicyclic) bond motifs is 1. The molecule has 0 radical (unpaired) electrons. The number of carboxylic acids is 1. The monoisotopic (exact) mass is 221 g/mol. The van der Waals surface area contributed by atoms with Gasteiger partial charge >= 0.3 is 5.97 Å². The fourth-order valence-corrected chi connectivity index (χ4v) is 1.50. The molecule has 0 spiro atoms. The van der Waals surface area contributed by atoms with E-state index in [0.717, 1.165) is 0 Å². The first-order valence-corrected chi connectivity index (χ1v) is 4.79. The Kier molecular flexibility index (Phi) is 2.74. The van der Waals surface area contributed by atoms with Crippen LogP contribution in [0.25, 0.3) is 5.65 Å². The minimum absolute atomic E-state index is 0.0732. The summed E-state index contributed by atoms with van der Waals surface area (Å²) in [6, 6.07) is 5.23. The molecule has 2 rings (SSSR count). The van der Waals surface area contributed by atoms with Gasteiger partial charge in [0.1, 0.15) is 5.65 Å². The molecule has 3 N–H and O–H groups in total. The molecule has 0 fully saturated rings. The van der Waals surface area contributed by atoms with E-state index in [1.54, 1.807) is 24.4 Å². The predicted octanol–water partition coefficient (Wildman–Crippen LogP) is 0.437. The average molecular weight is 221 g/mol. The summed E-state index contributed by atoms with van der Waals surface area (Å²) in [6.45, 7) is 0.192. The van der Waals surface area contributed by atoms with Gasteiger partial charge in [0.2, 0.25) is 0 Å². The number of hydrogen-bond donors (Lipinski definition) is 3. The van der Waals surface area contributed by atoms with Gasteiger partial charge in [-0.15, -0.1) is 0 Å². The molecule has 2 aromatic heterocycles. The van der Waals surface area contributed by atoms with Crippen LogP contribution in [0.15, 0.2) is 24.4 Å². The van der Waals surface area contributed by atoms with E-state index in [9.17, 15) is 4.79 Å². The second kappa shape index (κ2) is 4.19. The predicted molar refractivity (Wildman–Crippen MR) is 57.7 cm³/mol. The van der Waals surface area contributed by atoms with Crippen LogP contribution in [0.3, 0.4) is 0 Å². The van der Waals surface area contributed by atoms with Crippen LogP contribution in [0, 0.1) is 0 Å². The maximum atomic E-state index is 11.1. The number of imidazole rings is 1. The highest BCUT2D eigenvalue weighted by Gasteiger charge is 2.17. The Balaban J connectivity index is 2.54. The van der Waals surface area contributed by atoms with Crippen molar-refractivity contribution in [1.29, 1.82) is 0 Å². The van der Waals surface area contributed by atoms with Crippen molar-refractivity contribution in [1.82, 2.24) is 9.38 Å². The van der Waals surface area contributed by atoms with Crippen molar-refractivity contribution < 1.29 is 15.0 Å². The van der Waals surface area contributed by atoms with E-state index in [1.807, 2.05) is 0 Å². The van der Waals surface area contributed by atoms with Crippen LogP contribution in [0.1, 0.15) is 10.5 Å². The van der Waals surface area contributed by atoms with E-state index < -0.39 is 5.97 Å². The van der Waals surface area contributed by atoms with Crippen molar-refractivity contribution in [2.45, 2.75) is 0 Å². The lowest BCUT2D eigenvalue weighted by Gasteiger charge is -2.01. The summed E-state index contributed by atoms with van der Waals surface area (Å²) in [5.74, 6) is -0.785. The van der Waals surface area contributed by atoms with Gasteiger partial charge in [0, 0.05) is 12.7 Å². The SMILES string of the molecule is O=C(O)c1c(NCCO)nc2ccccn12. The van der Waals surface area contributed by atoms with Gasteiger partial charge in [-0.05, 0) is 12.1 Å². The molecule has 0 aliphatic carbocycles. The number of anilines is 1. The Morgan fingerprint density at radius 1 is 1.50 bits per heavy atom. The number of carbonyl (C=O) groups is 1. The molecule has 0 saturated heterocycles. The summed E-state index contributed by atoms with van der Waals surface area (Å²) in [4.78, 5) is 15.2. The van der Waals surface area contributed by atoms with Crippen LogP contribution in [0.5, 0.6) is 0 Å². The number of rotatable bonds is 4. The molecule has 0 aliphatic heterocycles. The standard InChI is InChI=1S/C10H11N3O3/c14-6-4-11-9-8(10(15)16)13-5-2-1-3-7(13)12-9/h1-3,5,11,14H,4,6H2,(H,15,16). The highest BCUT2D eigenvalue weighted by molar-refractivity contribution is 5.92. The molecule has 6 heteroatoms. The van der Waals surface area contributed by atoms with E-state index in [0.29, 0.717) is 5.65 Å². The molecule has 0 aliphatic rings. The molecule has 0 unspecified atom stereocenters. The first kappa shape index (κ1) is 10.4. The van der Waals surface area contributed by atoms with Crippen LogP contribution in [-0.2, 0) is 0 Å². The fourth-order valence-electron chi connectivity index (χ4n) is 1.50. The van der Waals surface area contributed by atoms with Gasteiger partial charge in [-0.25, -0.2) is 9.78 Å². The highest BCUT2D eigenvalue weighted by atomic mass is 16.4. The van der Waals surface area contributed by atoms with E-state index in [4.69, 9.17) is 10.2 Å². The van der Waals surface area contributed by atoms with E-state index in [2.05, 4.69) is 10.3 Å². The third-order valence-corrected chi connectivity index (χ3v) is 2.14. The van der Waals surface area contributed by atoms with Crippen LogP contribution >= 0.6 is 0 Å². The Bertz CT molecular complexity index is 521. The summed E-state index contributed by atoms with van der Waals surface area (Å²) in [5, 5.41) is 20.5. The molecule has 0 saturated carbocycles. The summed E-state index contributed by atoms with van der Waals surface area (Å²) >= 11 is 0. The van der Waals surface area contributed by atoms with Crippen LogP contribution in [0.4, 0.5) is 5.82 Å². The third kappa shape index (κ3) is 1.70. The maximum absolute atomic E-state index is 11.1. The summed E-state index contributed by atoms with van der Waals surface area (Å²) in [6.07, 6.45) is 1.63. The zero-order valence-corrected chi connectivity index (χ0v) is 8.42. The number of aliphatic hydroxyl groups is 1. The number of nitrogens with zero attached hydrogens (tertiary/aromatic N) is 2. The molecular weight excluding hydrogens is 210 g/mol. The second-order valence-corrected chi connectivity index (χ2v) is 3.19. The van der Waals surface area contributed by atoms with Gasteiger partial charge in [0.25, 0.3) is 0 Å². The van der Waals surface area contributed by atoms with Gasteiger partial charge in [0.05, 0.1) is 6.61 Å². The molecule has 16 heavy (non-hydrogen) atoms. The molecular formula is C10H11N3O3. The number of aromatic carboxylic acids is 1. The number of carboxylic acid groups (broad SMARTS) is 1. The lowest BCUT2D eigenvalue weighted by molar-refractivity contribution is 0.0690. The summed E-state index contributed by atoms with van der Waals surface area (Å²) in [7, 11) is 0. The number of hydrogen-bond acceptors (Lipinski definition) is 4. The molecule has 6 nitrogen and oxygen atoms in total. The van der Waals surface area contributed by atoms with Gasteiger partial charge in [-0.1, -0.05) is 6.07 Å². The fraction of sp³-hybridized carbons (Fsp3) is 0.200. The van der Waals surface area contributed by atoms with Crippen LogP contribution < -0.4 is 5.32 Å². The minimum atomic E-state index is -1.06. The Morgan fingerprint density at radius 3 is 3.00 bits per heavy atom. The van der Waals surface area contributed by atoms with E-state index in [-0.39, 0.29) is 24.7 Å². The second-order valence-electron chi connectivity index (χ2n) is 3.19. The average Bonchev–Trinajstić information content (AvgIpc) is 2.64. The molecule has 0 atom stereocenters. The van der Waals surface area contributed by atoms with Crippen molar-refractivity contribution in [3.8, 4) is 0 Å². The van der Waals surface area contributed by atoms with Crippen molar-refractivity contribution in [2.24, 2.45) is 0 Å². The van der Waals surface area contributed by atoms with Gasteiger partial charge < -0.3 is 15.5 Å². The molecule has 0 bridgehead atoms. The van der Waals surface area contributed by atoms with Crippen LogP contribution in [0.2, 0.25) is 0 Å². The highest BCUT2D eigenvalue weighted by Crippen LogP contribution is 2.17. The molecule has 84 valence electrons. The van der Waals surface area contributed by atoms with Gasteiger partial charge in [-0.2, -0.15) is 0 Å². The number of aliphatic hydroxyl groups excluding tert-OH is 1. The smallest absolute Gasteiger partial charge is 0.356 e. The number of aromatic nitrogens is 2. The van der Waals surface area contributed by atoms with Gasteiger partial charge in [0.15, 0.2) is 11.5 Å². The zero-order valence-electron chi connectivity index (χ0n) is 8.42. The van der Waals surface area contributed by atoms with Crippen molar-refractivity contribution >= 4 is 17.4 Å². The Labute approximate surface area is 91.2 Å². The summed E-state index contributed by atoms with van der Waals surface area (Å²) in [5.41, 5.74) is 0.629. The zero-order chi connectivity index (χ0) is 11.5. The number of nitrogens with one attached hydrogen (secondary N) is 1. The minimum Gasteiger partial charge on any atom is -0.476 e. The molecule has 0 amide bonds. The van der Waals surface area contributed by atoms with Gasteiger partial charge in [-0.3, -0.25) is 4.40 Å². The Hall–Kier alpha value is -2.08. The molecule has 2 aromatic rings. The van der Waals surface area contributed by atoms with Crippen molar-refractivity contribution in [3.05, 3.63) is 30.1 Å². The van der Waals surface area contributed by atoms with E-state index >= 15 is 0 Å². The van der Waals surface area contributed by atoms with Crippen molar-refractivity contribution in [2.75, 3.05) is 18.5 Å². The lowest BCUT2D eigenvalue weighted by Crippen LogP contribution is -2.10. The first-order chi connectivity index (χ1) is 7.74. The van der Waals surface area contributed by atoms with Crippen LogP contribution in [-0.4, -0.2) is 38.7 Å². The van der Waals surface area contributed by atoms with E-state index in [1.165, 1.54) is 4.40 Å². The third-order valence-electron chi connectivity index (χ3n) is 2.14. The quantitative estimate of drug-likeness (QED) is 0.697. The van der Waals surface area contributed by atoms with Crippen molar-refractivity contribution in [3.63, 3.8) is 0 Å². The largest absolute Gasteiger partial charge is 0.476 e. The topological polar surface area (TPSA) is 86.9 Å².